The van der Waals surface area contributed by atoms with Crippen LogP contribution in [0.2, 0.25) is 0 Å². The molecule has 68 valence electrons. The van der Waals surface area contributed by atoms with Gasteiger partial charge in [0, 0.05) is 17.9 Å². The van der Waals surface area contributed by atoms with Crippen LogP contribution in [0.3, 0.4) is 0 Å². The van der Waals surface area contributed by atoms with E-state index in [1.807, 2.05) is 0 Å². The lowest BCUT2D eigenvalue weighted by Crippen LogP contribution is -2.38. The van der Waals surface area contributed by atoms with E-state index < -0.39 is 11.5 Å². The molecule has 3 nitrogen and oxygen atoms in total. The molecule has 0 aromatic rings. The van der Waals surface area contributed by atoms with Gasteiger partial charge in [-0.15, -0.1) is 0 Å². The molecule has 0 radical (unpaired) electrons. The van der Waals surface area contributed by atoms with Crippen LogP contribution in [0.25, 0.3) is 0 Å². The van der Waals surface area contributed by atoms with Gasteiger partial charge in [0.1, 0.15) is 0 Å². The van der Waals surface area contributed by atoms with Gasteiger partial charge in [-0.05, 0) is 0 Å². The zero-order valence-corrected chi connectivity index (χ0v) is 7.41. The van der Waals surface area contributed by atoms with Crippen molar-refractivity contribution < 1.29 is 15.3 Å². The van der Waals surface area contributed by atoms with Gasteiger partial charge >= 0.3 is 0 Å². The average Bonchev–Trinajstić information content (AvgIpc) is 2.01. The van der Waals surface area contributed by atoms with Crippen LogP contribution in [0.5, 0.6) is 0 Å². The first-order chi connectivity index (χ1) is 4.95. The minimum Gasteiger partial charge on any atom is -0.396 e. The first-order valence-corrected chi connectivity index (χ1v) is 3.85. The van der Waals surface area contributed by atoms with Crippen molar-refractivity contribution in [2.24, 2.45) is 11.3 Å². The highest BCUT2D eigenvalue weighted by atomic mass is 16.3. The van der Waals surface area contributed by atoms with Gasteiger partial charge in [0.05, 0.1) is 12.7 Å². The molecule has 0 aliphatic heterocycles. The maximum absolute atomic E-state index is 9.53. The van der Waals surface area contributed by atoms with E-state index in [1.165, 1.54) is 0 Å². The number of hydrogen-bond acceptors (Lipinski definition) is 3. The lowest BCUT2D eigenvalue weighted by molar-refractivity contribution is -0.0385. The Bertz CT molecular complexity index is 112. The monoisotopic (exact) mass is 162 g/mol. The third-order valence-corrected chi connectivity index (χ3v) is 2.04. The van der Waals surface area contributed by atoms with Crippen LogP contribution in [0.15, 0.2) is 0 Å². The summed E-state index contributed by atoms with van der Waals surface area (Å²) in [5.74, 6) is -0.183. The molecule has 0 aliphatic carbocycles. The molecule has 2 unspecified atom stereocenters. The van der Waals surface area contributed by atoms with Crippen LogP contribution in [0, 0.1) is 11.3 Å². The Kier molecular flexibility index (Phi) is 4.00. The van der Waals surface area contributed by atoms with Crippen molar-refractivity contribution in [2.45, 2.75) is 26.9 Å². The van der Waals surface area contributed by atoms with Gasteiger partial charge in [-0.25, -0.2) is 0 Å². The Hall–Kier alpha value is -0.120. The van der Waals surface area contributed by atoms with Crippen molar-refractivity contribution in [1.29, 1.82) is 0 Å². The zero-order chi connectivity index (χ0) is 9.07. The summed E-state index contributed by atoms with van der Waals surface area (Å²) in [5, 5.41) is 27.1. The van der Waals surface area contributed by atoms with Gasteiger partial charge in [0.15, 0.2) is 0 Å². The van der Waals surface area contributed by atoms with E-state index in [0.29, 0.717) is 0 Å². The van der Waals surface area contributed by atoms with Crippen molar-refractivity contribution in [3.63, 3.8) is 0 Å². The normalized spacial score (nSPS) is 18.0. The molecule has 0 heterocycles. The second-order valence-electron chi connectivity index (χ2n) is 3.75. The average molecular weight is 162 g/mol. The predicted octanol–water partition coefficient (Wildman–Crippen LogP) is -0.00580. The molecule has 0 aromatic carbocycles. The summed E-state index contributed by atoms with van der Waals surface area (Å²) in [7, 11) is 0. The summed E-state index contributed by atoms with van der Waals surface area (Å²) < 4.78 is 0. The van der Waals surface area contributed by atoms with Crippen molar-refractivity contribution in [2.75, 3.05) is 13.2 Å². The number of hydrogen-bond donors (Lipinski definition) is 3. The molecule has 0 aliphatic rings. The smallest absolute Gasteiger partial charge is 0.0660 e. The minimum atomic E-state index is -0.655. The number of aliphatic hydroxyl groups is 3. The lowest BCUT2D eigenvalue weighted by atomic mass is 9.81. The van der Waals surface area contributed by atoms with Gasteiger partial charge < -0.3 is 15.3 Å². The van der Waals surface area contributed by atoms with Crippen LogP contribution in [0.4, 0.5) is 0 Å². The van der Waals surface area contributed by atoms with E-state index in [1.54, 1.807) is 20.8 Å². The Balaban J connectivity index is 4.10. The predicted molar refractivity (Wildman–Crippen MR) is 43.1 cm³/mol. The summed E-state index contributed by atoms with van der Waals surface area (Å²) in [6.07, 6.45) is -0.655. The Morgan fingerprint density at radius 1 is 1.27 bits per heavy atom. The van der Waals surface area contributed by atoms with Crippen molar-refractivity contribution >= 4 is 0 Å². The topological polar surface area (TPSA) is 60.7 Å². The Labute approximate surface area is 67.7 Å². The second kappa shape index (κ2) is 4.04. The molecule has 0 bridgehead atoms. The molecule has 0 rings (SSSR count). The Morgan fingerprint density at radius 3 is 2.00 bits per heavy atom. The zero-order valence-electron chi connectivity index (χ0n) is 7.41. The van der Waals surface area contributed by atoms with E-state index >= 15 is 0 Å². The van der Waals surface area contributed by atoms with Gasteiger partial charge in [-0.2, -0.15) is 0 Å². The van der Waals surface area contributed by atoms with E-state index in [9.17, 15) is 5.11 Å². The van der Waals surface area contributed by atoms with Gasteiger partial charge in [0.25, 0.3) is 0 Å². The van der Waals surface area contributed by atoms with E-state index in [2.05, 4.69) is 0 Å². The van der Waals surface area contributed by atoms with Crippen LogP contribution in [-0.4, -0.2) is 34.6 Å². The highest BCUT2D eigenvalue weighted by molar-refractivity contribution is 4.80. The van der Waals surface area contributed by atoms with Crippen molar-refractivity contribution in [1.82, 2.24) is 0 Å². The first kappa shape index (κ1) is 10.9. The van der Waals surface area contributed by atoms with Gasteiger partial charge in [-0.3, -0.25) is 0 Å². The maximum Gasteiger partial charge on any atom is 0.0660 e. The molecule has 0 saturated heterocycles. The van der Waals surface area contributed by atoms with E-state index in [4.69, 9.17) is 10.2 Å². The van der Waals surface area contributed by atoms with Crippen LogP contribution in [-0.2, 0) is 0 Å². The highest BCUT2D eigenvalue weighted by Gasteiger charge is 2.30. The second-order valence-corrected chi connectivity index (χ2v) is 3.75. The van der Waals surface area contributed by atoms with Crippen molar-refractivity contribution in [3.05, 3.63) is 0 Å². The van der Waals surface area contributed by atoms with E-state index in [0.717, 1.165) is 0 Å². The molecular weight excluding hydrogens is 144 g/mol. The van der Waals surface area contributed by atoms with Crippen LogP contribution in [0.1, 0.15) is 20.8 Å². The molecule has 0 fully saturated rings. The molecule has 0 spiro atoms. The lowest BCUT2D eigenvalue weighted by Gasteiger charge is -2.31. The Morgan fingerprint density at radius 2 is 1.73 bits per heavy atom. The summed E-state index contributed by atoms with van der Waals surface area (Å²) in [6.45, 7) is 5.17. The maximum atomic E-state index is 9.53. The third kappa shape index (κ3) is 2.77. The molecule has 3 N–H and O–H groups in total. The van der Waals surface area contributed by atoms with Crippen molar-refractivity contribution in [3.8, 4) is 0 Å². The minimum absolute atomic E-state index is 0.0510. The van der Waals surface area contributed by atoms with Crippen LogP contribution >= 0.6 is 0 Å². The molecule has 3 heteroatoms. The molecular formula is C8H18O3. The fourth-order valence-electron chi connectivity index (χ4n) is 0.964. The summed E-state index contributed by atoms with van der Waals surface area (Å²) in [5.41, 5.74) is -0.526. The summed E-state index contributed by atoms with van der Waals surface area (Å²) in [6, 6.07) is 0. The fourth-order valence-corrected chi connectivity index (χ4v) is 0.964. The van der Waals surface area contributed by atoms with Gasteiger partial charge in [0.2, 0.25) is 0 Å². The SMILES string of the molecule is CC(CO)C(O)C(C)(C)CO. The summed E-state index contributed by atoms with van der Waals surface area (Å²) >= 11 is 0. The number of rotatable bonds is 4. The molecule has 2 atom stereocenters. The molecule has 0 amide bonds. The largest absolute Gasteiger partial charge is 0.396 e. The quantitative estimate of drug-likeness (QED) is 0.545. The van der Waals surface area contributed by atoms with Crippen LogP contribution < -0.4 is 0 Å². The number of aliphatic hydroxyl groups excluding tert-OH is 3. The summed E-state index contributed by atoms with van der Waals surface area (Å²) in [4.78, 5) is 0. The standard InChI is InChI=1S/C8H18O3/c1-6(4-9)7(11)8(2,3)5-10/h6-7,9-11H,4-5H2,1-3H3. The first-order valence-electron chi connectivity index (χ1n) is 3.85. The molecule has 0 saturated carbocycles. The van der Waals surface area contributed by atoms with Gasteiger partial charge in [-0.1, -0.05) is 20.8 Å². The van der Waals surface area contributed by atoms with E-state index in [-0.39, 0.29) is 19.1 Å². The third-order valence-electron chi connectivity index (χ3n) is 2.04. The highest BCUT2D eigenvalue weighted by Crippen LogP contribution is 2.24. The fraction of sp³-hybridized carbons (Fsp3) is 1.00. The molecule has 11 heavy (non-hydrogen) atoms. The molecule has 0 aromatic heterocycles.